The van der Waals surface area contributed by atoms with Gasteiger partial charge in [-0.3, -0.25) is 0 Å². The van der Waals surface area contributed by atoms with Crippen molar-refractivity contribution in [2.75, 3.05) is 0 Å². The Bertz CT molecular complexity index is 549. The van der Waals surface area contributed by atoms with Crippen LogP contribution in [-0.4, -0.2) is 4.98 Å². The van der Waals surface area contributed by atoms with E-state index in [2.05, 4.69) is 4.98 Å². The Balaban J connectivity index is 2.49. The monoisotopic (exact) mass is 257 g/mol. The zero-order valence-electron chi connectivity index (χ0n) is 9.30. The third kappa shape index (κ3) is 2.20. The molecule has 17 heavy (non-hydrogen) atoms. The van der Waals surface area contributed by atoms with Crippen molar-refractivity contribution in [3.63, 3.8) is 0 Å². The smallest absolute Gasteiger partial charge is 0.195 e. The minimum Gasteiger partial charge on any atom is -0.241 e. The maximum Gasteiger partial charge on any atom is 0.195 e. The van der Waals surface area contributed by atoms with Crippen LogP contribution in [0.15, 0.2) is 17.5 Å². The van der Waals surface area contributed by atoms with Gasteiger partial charge in [0, 0.05) is 10.9 Å². The molecule has 0 aliphatic rings. The Morgan fingerprint density at radius 2 is 1.82 bits per heavy atom. The number of halogens is 3. The van der Waals surface area contributed by atoms with Crippen molar-refractivity contribution in [1.29, 1.82) is 0 Å². The van der Waals surface area contributed by atoms with E-state index >= 15 is 0 Å². The molecule has 2 rings (SSSR count). The molecule has 90 valence electrons. The first-order chi connectivity index (χ1) is 8.00. The molecule has 1 heterocycles. The molecule has 1 nitrogen and oxygen atoms in total. The number of thiazole rings is 1. The number of nitrogens with zero attached hydrogens (tertiary/aromatic N) is 1. The fourth-order valence-electron chi connectivity index (χ4n) is 1.37. The van der Waals surface area contributed by atoms with E-state index in [1.54, 1.807) is 5.38 Å². The molecule has 0 atom stereocenters. The van der Waals surface area contributed by atoms with Gasteiger partial charge in [-0.25, -0.2) is 18.2 Å². The van der Waals surface area contributed by atoms with Crippen molar-refractivity contribution >= 4 is 11.3 Å². The molecule has 5 heteroatoms. The van der Waals surface area contributed by atoms with Crippen LogP contribution in [0.1, 0.15) is 25.5 Å². The lowest BCUT2D eigenvalue weighted by Gasteiger charge is -2.01. The summed E-state index contributed by atoms with van der Waals surface area (Å²) in [6.45, 7) is 3.92. The van der Waals surface area contributed by atoms with E-state index in [0.717, 1.165) is 11.8 Å². The van der Waals surface area contributed by atoms with Gasteiger partial charge in [0.2, 0.25) is 0 Å². The molecular formula is C12H10F3NS. The predicted octanol–water partition coefficient (Wildman–Crippen LogP) is 4.35. The standard InChI is InChI=1S/C12H10F3NS/c1-6(2)9-5-17-12(16-9)7-3-4-8(13)11(15)10(7)14/h3-6H,1-2H3. The second-order valence-corrected chi connectivity index (χ2v) is 4.81. The molecule has 0 aliphatic heterocycles. The van der Waals surface area contributed by atoms with Crippen LogP contribution >= 0.6 is 11.3 Å². The van der Waals surface area contributed by atoms with Gasteiger partial charge in [-0.1, -0.05) is 13.8 Å². The van der Waals surface area contributed by atoms with Crippen molar-refractivity contribution in [2.24, 2.45) is 0 Å². The molecule has 0 saturated carbocycles. The van der Waals surface area contributed by atoms with Crippen LogP contribution in [-0.2, 0) is 0 Å². The lowest BCUT2D eigenvalue weighted by atomic mass is 10.1. The molecule has 2 aromatic rings. The van der Waals surface area contributed by atoms with Gasteiger partial charge in [-0.15, -0.1) is 11.3 Å². The van der Waals surface area contributed by atoms with Gasteiger partial charge in [0.15, 0.2) is 17.5 Å². The Morgan fingerprint density at radius 3 is 2.41 bits per heavy atom. The first-order valence-corrected chi connectivity index (χ1v) is 5.98. The van der Waals surface area contributed by atoms with Gasteiger partial charge < -0.3 is 0 Å². The number of rotatable bonds is 2. The first kappa shape index (κ1) is 12.1. The van der Waals surface area contributed by atoms with Crippen LogP contribution in [0.4, 0.5) is 13.2 Å². The average molecular weight is 257 g/mol. The van der Waals surface area contributed by atoms with Gasteiger partial charge in [0.05, 0.1) is 5.69 Å². The summed E-state index contributed by atoms with van der Waals surface area (Å²) in [6.07, 6.45) is 0. The molecular weight excluding hydrogens is 247 g/mol. The van der Waals surface area contributed by atoms with Crippen LogP contribution < -0.4 is 0 Å². The molecule has 0 radical (unpaired) electrons. The molecule has 0 spiro atoms. The van der Waals surface area contributed by atoms with E-state index in [1.807, 2.05) is 13.8 Å². The highest BCUT2D eigenvalue weighted by atomic mass is 32.1. The van der Waals surface area contributed by atoms with Crippen LogP contribution in [0.2, 0.25) is 0 Å². The zero-order valence-corrected chi connectivity index (χ0v) is 10.1. The SMILES string of the molecule is CC(C)c1csc(-c2ccc(F)c(F)c2F)n1. The molecule has 0 aliphatic carbocycles. The van der Waals surface area contributed by atoms with Crippen LogP contribution in [0.5, 0.6) is 0 Å². The highest BCUT2D eigenvalue weighted by Gasteiger charge is 2.17. The molecule has 0 amide bonds. The van der Waals surface area contributed by atoms with Crippen LogP contribution in [0, 0.1) is 17.5 Å². The Labute approximate surface area is 101 Å². The second-order valence-electron chi connectivity index (χ2n) is 3.96. The number of hydrogen-bond acceptors (Lipinski definition) is 2. The van der Waals surface area contributed by atoms with E-state index in [9.17, 15) is 13.2 Å². The summed E-state index contributed by atoms with van der Waals surface area (Å²) in [6, 6.07) is 2.11. The van der Waals surface area contributed by atoms with Crippen molar-refractivity contribution < 1.29 is 13.2 Å². The largest absolute Gasteiger partial charge is 0.241 e. The van der Waals surface area contributed by atoms with E-state index < -0.39 is 17.5 Å². The van der Waals surface area contributed by atoms with Gasteiger partial charge in [0.1, 0.15) is 5.01 Å². The fraction of sp³-hybridized carbons (Fsp3) is 0.250. The average Bonchev–Trinajstić information content (AvgIpc) is 2.75. The normalized spacial score (nSPS) is 11.2. The van der Waals surface area contributed by atoms with E-state index in [-0.39, 0.29) is 11.5 Å². The minimum absolute atomic E-state index is 0.000741. The second kappa shape index (κ2) is 4.49. The number of hydrogen-bond donors (Lipinski definition) is 0. The van der Waals surface area contributed by atoms with E-state index in [0.29, 0.717) is 5.01 Å². The molecule has 0 N–H and O–H groups in total. The molecule has 1 aromatic carbocycles. The summed E-state index contributed by atoms with van der Waals surface area (Å²) in [5.41, 5.74) is 0.815. The Hall–Kier alpha value is -1.36. The summed E-state index contributed by atoms with van der Waals surface area (Å²) in [4.78, 5) is 4.20. The quantitative estimate of drug-likeness (QED) is 0.729. The van der Waals surface area contributed by atoms with E-state index in [4.69, 9.17) is 0 Å². The lowest BCUT2D eigenvalue weighted by molar-refractivity contribution is 0.449. The maximum absolute atomic E-state index is 13.5. The summed E-state index contributed by atoms with van der Waals surface area (Å²) < 4.78 is 39.4. The third-order valence-corrected chi connectivity index (χ3v) is 3.27. The molecule has 0 saturated heterocycles. The van der Waals surface area contributed by atoms with Gasteiger partial charge in [-0.2, -0.15) is 0 Å². The summed E-state index contributed by atoms with van der Waals surface area (Å²) in [5, 5.41) is 2.16. The predicted molar refractivity (Wildman–Crippen MR) is 61.5 cm³/mol. The number of aromatic nitrogens is 1. The highest BCUT2D eigenvalue weighted by Crippen LogP contribution is 2.30. The molecule has 0 unspecified atom stereocenters. The van der Waals surface area contributed by atoms with Crippen LogP contribution in [0.25, 0.3) is 10.6 Å². The molecule has 1 aromatic heterocycles. The fourth-order valence-corrected chi connectivity index (χ4v) is 2.37. The Morgan fingerprint density at radius 1 is 1.12 bits per heavy atom. The molecule has 0 fully saturated rings. The van der Waals surface area contributed by atoms with Crippen molar-refractivity contribution in [1.82, 2.24) is 4.98 Å². The third-order valence-electron chi connectivity index (χ3n) is 2.38. The summed E-state index contributed by atoms with van der Waals surface area (Å²) in [7, 11) is 0. The lowest BCUT2D eigenvalue weighted by Crippen LogP contribution is -1.94. The van der Waals surface area contributed by atoms with Gasteiger partial charge >= 0.3 is 0 Å². The van der Waals surface area contributed by atoms with Gasteiger partial charge in [-0.05, 0) is 18.1 Å². The van der Waals surface area contributed by atoms with Crippen molar-refractivity contribution in [2.45, 2.75) is 19.8 Å². The molecule has 0 bridgehead atoms. The first-order valence-electron chi connectivity index (χ1n) is 5.10. The van der Waals surface area contributed by atoms with Crippen molar-refractivity contribution in [3.8, 4) is 10.6 Å². The maximum atomic E-state index is 13.5. The minimum atomic E-state index is -1.45. The Kier molecular flexibility index (Phi) is 3.19. The van der Waals surface area contributed by atoms with Crippen molar-refractivity contribution in [3.05, 3.63) is 40.7 Å². The van der Waals surface area contributed by atoms with E-state index in [1.165, 1.54) is 17.4 Å². The van der Waals surface area contributed by atoms with Crippen LogP contribution in [0.3, 0.4) is 0 Å². The van der Waals surface area contributed by atoms with Gasteiger partial charge in [0.25, 0.3) is 0 Å². The summed E-state index contributed by atoms with van der Waals surface area (Å²) in [5.74, 6) is -3.61. The number of benzene rings is 1. The highest BCUT2D eigenvalue weighted by molar-refractivity contribution is 7.13. The zero-order chi connectivity index (χ0) is 12.6. The topological polar surface area (TPSA) is 12.9 Å². The summed E-state index contributed by atoms with van der Waals surface area (Å²) >= 11 is 1.22.